The highest BCUT2D eigenvalue weighted by atomic mass is 32.2. The van der Waals surface area contributed by atoms with Crippen LogP contribution in [0.5, 0.6) is 0 Å². The Kier molecular flexibility index (Phi) is 26.3. The van der Waals surface area contributed by atoms with Crippen molar-refractivity contribution in [2.75, 3.05) is 6.26 Å². The van der Waals surface area contributed by atoms with E-state index in [0.717, 1.165) is 12.0 Å². The van der Waals surface area contributed by atoms with Crippen molar-refractivity contribution in [3.05, 3.63) is 0 Å². The summed E-state index contributed by atoms with van der Waals surface area (Å²) in [5.74, 6) is -5.73. The van der Waals surface area contributed by atoms with Crippen LogP contribution < -0.4 is 0 Å². The summed E-state index contributed by atoms with van der Waals surface area (Å²) in [6.45, 7) is 1.93. The SMILES string of the molecule is CSC1CCC(C(=O)C2CC(C(=O)C3CCC(SC4CCC(S(=O)(=O)C5CCC(C)C(SOOO)C5)CC4S(=O)(=O)O)CC3)CC(C(=O)C3CCC(SC4CCC(S(=O)(=O)C5CCCC(S(=O)(=O)O)C5)CC4SOOO)C(S(=O)(=O)O)C3)C2)CC1S(=O)(=O)O. The molecule has 0 spiro atoms. The standard InChI is InChI=1S/C53H86O25S11/c1-29-6-13-38(26-46(29)82-77-75-57)85(61,62)40-15-19-44(50(28-40)89(72,73)74)80-36-11-7-30(8-12-36)51(54)33-20-34(52(55)31-9-16-43(79-2)48(23-31)87(66,67)68)22-35(21-33)53(56)32-10-17-45(49(24-32)88(69,70)71)81-42-18-14-39(27-47(42)83-78-76-58)84(59,60)37-4-3-5-41(25-37)86(63,64)65/h29-50,57-58H,3-28H2,1-2H3,(H,63,64,65)(H,66,67,68)(H,69,70,71)(H,72,73,74). The van der Waals surface area contributed by atoms with E-state index < -0.39 is 164 Å². The van der Waals surface area contributed by atoms with E-state index in [2.05, 4.69) is 14.4 Å². The van der Waals surface area contributed by atoms with E-state index in [0.29, 0.717) is 63.4 Å². The maximum Gasteiger partial charge on any atom is 0.268 e. The number of ketones is 3. The van der Waals surface area contributed by atoms with Crippen molar-refractivity contribution in [3.63, 3.8) is 0 Å². The Hall–Kier alpha value is 0.0600. The second-order valence-electron chi connectivity index (χ2n) is 26.3. The highest BCUT2D eigenvalue weighted by Crippen LogP contribution is 2.51. The number of rotatable bonds is 25. The van der Waals surface area contributed by atoms with Crippen molar-refractivity contribution in [1.82, 2.24) is 0 Å². The summed E-state index contributed by atoms with van der Waals surface area (Å²) in [6, 6.07) is 0. The van der Waals surface area contributed by atoms with E-state index >= 15 is 4.79 Å². The molecule has 0 bridgehead atoms. The molecule has 0 aromatic heterocycles. The Morgan fingerprint density at radius 3 is 1.26 bits per heavy atom. The van der Waals surface area contributed by atoms with Gasteiger partial charge in [-0.15, -0.1) is 8.67 Å². The molecular weight excluding hydrogens is 1390 g/mol. The van der Waals surface area contributed by atoms with Crippen LogP contribution in [-0.2, 0) is 93.3 Å². The van der Waals surface area contributed by atoms with E-state index in [1.54, 1.807) is 6.26 Å². The maximum atomic E-state index is 15.0. The van der Waals surface area contributed by atoms with Gasteiger partial charge in [0.05, 0.1) is 42.0 Å². The van der Waals surface area contributed by atoms with Crippen molar-refractivity contribution in [1.29, 1.82) is 0 Å². The van der Waals surface area contributed by atoms with E-state index in [9.17, 15) is 78.3 Å². The van der Waals surface area contributed by atoms with Crippen LogP contribution in [0.1, 0.15) is 174 Å². The van der Waals surface area contributed by atoms with Gasteiger partial charge in [-0.05, 0) is 173 Å². The average Bonchev–Trinajstić information content (AvgIpc) is 1.89. The lowest BCUT2D eigenvalue weighted by Gasteiger charge is -2.42. The minimum Gasteiger partial charge on any atom is -0.299 e. The van der Waals surface area contributed by atoms with Gasteiger partial charge < -0.3 is 0 Å². The zero-order valence-electron chi connectivity index (χ0n) is 49.5. The molecule has 0 amide bonds. The van der Waals surface area contributed by atoms with Crippen LogP contribution in [-0.4, -0.2) is 182 Å². The van der Waals surface area contributed by atoms with Crippen molar-refractivity contribution < 1.29 is 112 Å². The van der Waals surface area contributed by atoms with Gasteiger partial charge in [-0.2, -0.15) is 69.0 Å². The van der Waals surface area contributed by atoms with Crippen molar-refractivity contribution >= 4 is 137 Å². The summed E-state index contributed by atoms with van der Waals surface area (Å²) < 4.78 is 209. The summed E-state index contributed by atoms with van der Waals surface area (Å²) in [6.07, 6.45) is 5.63. The fraction of sp³-hybridized carbons (Fsp3) is 0.943. The fourth-order valence-electron chi connectivity index (χ4n) is 16.2. The Balaban J connectivity index is 0.939. The first kappa shape index (κ1) is 74.8. The third-order valence-electron chi connectivity index (χ3n) is 21.1. The normalized spacial score (nSPS) is 39.4. The van der Waals surface area contributed by atoms with Crippen molar-refractivity contribution in [3.8, 4) is 0 Å². The molecule has 0 saturated heterocycles. The second-order valence-corrected chi connectivity index (χ2v) is 43.9. The largest absolute Gasteiger partial charge is 0.299 e. The molecule has 89 heavy (non-hydrogen) atoms. The van der Waals surface area contributed by atoms with Gasteiger partial charge in [0.15, 0.2) is 19.7 Å². The molecule has 8 aliphatic carbocycles. The lowest BCUT2D eigenvalue weighted by molar-refractivity contribution is -0.432. The number of carbonyl (C=O) groups excluding carboxylic acids is 3. The minimum absolute atomic E-state index is 0.00268. The lowest BCUT2D eigenvalue weighted by Crippen LogP contribution is -2.47. The van der Waals surface area contributed by atoms with Crippen LogP contribution in [0.4, 0.5) is 0 Å². The van der Waals surface area contributed by atoms with Crippen LogP contribution in [0, 0.1) is 41.4 Å². The van der Waals surface area contributed by atoms with Gasteiger partial charge in [-0.3, -0.25) is 32.6 Å². The molecule has 6 N–H and O–H groups in total. The van der Waals surface area contributed by atoms with E-state index in [4.69, 9.17) is 14.8 Å². The van der Waals surface area contributed by atoms with Gasteiger partial charge in [0.25, 0.3) is 40.5 Å². The van der Waals surface area contributed by atoms with Crippen LogP contribution in [0.2, 0.25) is 0 Å². The third kappa shape index (κ3) is 18.6. The van der Waals surface area contributed by atoms with E-state index in [-0.39, 0.29) is 149 Å². The van der Waals surface area contributed by atoms with Crippen LogP contribution in [0.3, 0.4) is 0 Å². The molecule has 8 aliphatic rings. The molecule has 25 nitrogen and oxygen atoms in total. The molecule has 0 aromatic carbocycles. The Morgan fingerprint density at radius 1 is 0.360 bits per heavy atom. The second kappa shape index (κ2) is 31.3. The fourth-order valence-corrected chi connectivity index (χ4v) is 33.3. The smallest absolute Gasteiger partial charge is 0.268 e. The first-order chi connectivity index (χ1) is 41.6. The van der Waals surface area contributed by atoms with Crippen LogP contribution in [0.25, 0.3) is 0 Å². The molecule has 0 aromatic rings. The van der Waals surface area contributed by atoms with E-state index in [1.165, 1.54) is 35.3 Å². The summed E-state index contributed by atoms with van der Waals surface area (Å²) >= 11 is 5.26. The maximum absolute atomic E-state index is 15.0. The number of Topliss-reactive ketones (excluding diaryl/α,β-unsaturated/α-hetero) is 3. The number of thioether (sulfide) groups is 3. The van der Waals surface area contributed by atoms with Crippen molar-refractivity contribution in [2.24, 2.45) is 41.4 Å². The first-order valence-electron chi connectivity index (χ1n) is 30.7. The average molecular weight is 1480 g/mol. The number of hydrogen-bond acceptors (Lipinski definition) is 26. The molecular formula is C53H86O25S11. The third-order valence-corrected chi connectivity index (χ3v) is 39.1. The monoisotopic (exact) mass is 1470 g/mol. The quantitative estimate of drug-likeness (QED) is 0.0217. The summed E-state index contributed by atoms with van der Waals surface area (Å²) in [5.41, 5.74) is 0. The molecule has 8 fully saturated rings. The number of carbonyl (C=O) groups is 3. The zero-order valence-corrected chi connectivity index (χ0v) is 58.5. The van der Waals surface area contributed by atoms with Gasteiger partial charge in [0.2, 0.25) is 0 Å². The Morgan fingerprint density at radius 2 is 0.753 bits per heavy atom. The Labute approximate surface area is 545 Å². The van der Waals surface area contributed by atoms with Crippen molar-refractivity contribution in [2.45, 2.75) is 253 Å². The minimum atomic E-state index is -4.87. The molecule has 0 heterocycles. The topological polar surface area (TPSA) is 414 Å². The first-order valence-corrected chi connectivity index (χ1v) is 44.7. The molecule has 20 unspecified atom stereocenters. The molecule has 0 aliphatic heterocycles. The summed E-state index contributed by atoms with van der Waals surface area (Å²) in [7, 11) is -26.5. The molecule has 8 saturated carbocycles. The molecule has 8 rings (SSSR count). The van der Waals surface area contributed by atoms with Gasteiger partial charge in [0.1, 0.15) is 17.3 Å². The molecule has 36 heteroatoms. The van der Waals surface area contributed by atoms with Crippen LogP contribution in [0.15, 0.2) is 0 Å². The predicted octanol–water partition coefficient (Wildman–Crippen LogP) is 8.16. The summed E-state index contributed by atoms with van der Waals surface area (Å²) in [4.78, 5) is 44.7. The molecule has 514 valence electrons. The summed E-state index contributed by atoms with van der Waals surface area (Å²) in [5, 5.41) is 12.6. The lowest BCUT2D eigenvalue weighted by atomic mass is 9.64. The van der Waals surface area contributed by atoms with Gasteiger partial charge >= 0.3 is 0 Å². The van der Waals surface area contributed by atoms with Gasteiger partial charge in [-0.1, -0.05) is 23.4 Å². The van der Waals surface area contributed by atoms with Gasteiger partial charge in [0, 0.05) is 96.3 Å². The molecule has 20 atom stereocenters. The van der Waals surface area contributed by atoms with E-state index in [1.807, 2.05) is 6.92 Å². The highest BCUT2D eigenvalue weighted by Gasteiger charge is 2.53. The van der Waals surface area contributed by atoms with Crippen LogP contribution >= 0.6 is 59.4 Å². The Bertz CT molecular complexity index is 3160. The number of sulfone groups is 2. The van der Waals surface area contributed by atoms with Gasteiger partial charge in [-0.25, -0.2) is 27.4 Å². The zero-order chi connectivity index (χ0) is 65.2. The predicted molar refractivity (Wildman–Crippen MR) is 339 cm³/mol. The highest BCUT2D eigenvalue weighted by molar-refractivity contribution is 8.03. The number of hydrogen-bond donors (Lipinski definition) is 6. The molecule has 0 radical (unpaired) electrons.